The summed E-state index contributed by atoms with van der Waals surface area (Å²) in [7, 11) is 0. The lowest BCUT2D eigenvalue weighted by Gasteiger charge is -2.13. The molecule has 0 spiro atoms. The number of rotatable bonds is 4. The summed E-state index contributed by atoms with van der Waals surface area (Å²) in [5.41, 5.74) is 0. The molecule has 72 valence electrons. The topological polar surface area (TPSA) is 24.9 Å². The number of hydrogen-bond acceptors (Lipinski definition) is 3. The third-order valence-corrected chi connectivity index (χ3v) is 3.03. The molecule has 0 bridgehead atoms. The Kier molecular flexibility index (Phi) is 4.59. The SMILES string of the molecule is CSCC(C)Nc1ncccc1Br. The number of hydrogen-bond donors (Lipinski definition) is 1. The normalized spacial score (nSPS) is 12.5. The van der Waals surface area contributed by atoms with E-state index < -0.39 is 0 Å². The monoisotopic (exact) mass is 260 g/mol. The zero-order chi connectivity index (χ0) is 9.68. The largest absolute Gasteiger partial charge is 0.366 e. The van der Waals surface area contributed by atoms with E-state index >= 15 is 0 Å². The van der Waals surface area contributed by atoms with Crippen LogP contribution in [-0.4, -0.2) is 23.0 Å². The van der Waals surface area contributed by atoms with Crippen molar-refractivity contribution in [2.24, 2.45) is 0 Å². The summed E-state index contributed by atoms with van der Waals surface area (Å²) in [6, 6.07) is 4.34. The Bertz CT molecular complexity index is 268. The Labute approximate surface area is 91.7 Å². The number of nitrogens with zero attached hydrogens (tertiary/aromatic N) is 1. The van der Waals surface area contributed by atoms with Gasteiger partial charge in [0.05, 0.1) is 4.47 Å². The van der Waals surface area contributed by atoms with Crippen LogP contribution in [0.1, 0.15) is 6.92 Å². The summed E-state index contributed by atoms with van der Waals surface area (Å²) in [5.74, 6) is 2.01. The van der Waals surface area contributed by atoms with Crippen LogP contribution in [-0.2, 0) is 0 Å². The first-order valence-electron chi connectivity index (χ1n) is 4.10. The quantitative estimate of drug-likeness (QED) is 0.901. The molecule has 1 atom stereocenters. The first-order valence-corrected chi connectivity index (χ1v) is 6.28. The Hall–Kier alpha value is -0.220. The average Bonchev–Trinajstić information content (AvgIpc) is 2.09. The Morgan fingerprint density at radius 2 is 2.46 bits per heavy atom. The van der Waals surface area contributed by atoms with Gasteiger partial charge in [-0.25, -0.2) is 4.98 Å². The van der Waals surface area contributed by atoms with E-state index in [9.17, 15) is 0 Å². The lowest BCUT2D eigenvalue weighted by atomic mass is 10.4. The fraction of sp³-hybridized carbons (Fsp3) is 0.444. The van der Waals surface area contributed by atoms with Gasteiger partial charge in [0, 0.05) is 18.0 Å². The molecule has 0 aromatic carbocycles. The van der Waals surface area contributed by atoms with E-state index in [1.54, 1.807) is 6.20 Å². The predicted molar refractivity (Wildman–Crippen MR) is 63.4 cm³/mol. The third kappa shape index (κ3) is 3.56. The van der Waals surface area contributed by atoms with E-state index in [0.717, 1.165) is 16.0 Å². The molecule has 13 heavy (non-hydrogen) atoms. The van der Waals surface area contributed by atoms with Gasteiger partial charge in [-0.05, 0) is 41.2 Å². The van der Waals surface area contributed by atoms with Crippen molar-refractivity contribution in [3.05, 3.63) is 22.8 Å². The van der Waals surface area contributed by atoms with Gasteiger partial charge in [-0.1, -0.05) is 0 Å². The van der Waals surface area contributed by atoms with Gasteiger partial charge in [-0.15, -0.1) is 0 Å². The first kappa shape index (κ1) is 10.9. The molecule has 0 aliphatic rings. The van der Waals surface area contributed by atoms with Gasteiger partial charge in [0.2, 0.25) is 0 Å². The van der Waals surface area contributed by atoms with Gasteiger partial charge in [0.1, 0.15) is 5.82 Å². The van der Waals surface area contributed by atoms with Gasteiger partial charge in [-0.2, -0.15) is 11.8 Å². The van der Waals surface area contributed by atoms with Gasteiger partial charge in [0.15, 0.2) is 0 Å². The summed E-state index contributed by atoms with van der Waals surface area (Å²) in [5, 5.41) is 3.33. The minimum Gasteiger partial charge on any atom is -0.366 e. The molecule has 1 aromatic rings. The zero-order valence-corrected chi connectivity index (χ0v) is 10.2. The van der Waals surface area contributed by atoms with Crippen molar-refractivity contribution in [2.45, 2.75) is 13.0 Å². The Balaban J connectivity index is 2.58. The standard InChI is InChI=1S/C9H13BrN2S/c1-7(6-13-2)12-9-8(10)4-3-5-11-9/h3-5,7H,6H2,1-2H3,(H,11,12). The molecule has 0 saturated carbocycles. The molecule has 2 nitrogen and oxygen atoms in total. The van der Waals surface area contributed by atoms with Crippen LogP contribution in [0, 0.1) is 0 Å². The molecule has 4 heteroatoms. The van der Waals surface area contributed by atoms with E-state index in [-0.39, 0.29) is 0 Å². The second kappa shape index (κ2) is 5.50. The van der Waals surface area contributed by atoms with Crippen LogP contribution in [0.3, 0.4) is 0 Å². The maximum atomic E-state index is 4.23. The van der Waals surface area contributed by atoms with Crippen molar-refractivity contribution in [1.29, 1.82) is 0 Å². The predicted octanol–water partition coefficient (Wildman–Crippen LogP) is 3.01. The fourth-order valence-electron chi connectivity index (χ4n) is 1.02. The van der Waals surface area contributed by atoms with Crippen molar-refractivity contribution < 1.29 is 0 Å². The van der Waals surface area contributed by atoms with Crippen LogP contribution >= 0.6 is 27.7 Å². The molecule has 1 N–H and O–H groups in total. The molecule has 1 rings (SSSR count). The van der Waals surface area contributed by atoms with Gasteiger partial charge in [0.25, 0.3) is 0 Å². The van der Waals surface area contributed by atoms with Crippen LogP contribution in [0.4, 0.5) is 5.82 Å². The molecule has 1 heterocycles. The molecular formula is C9H13BrN2S. The zero-order valence-electron chi connectivity index (χ0n) is 7.75. The molecule has 0 aliphatic heterocycles. The fourth-order valence-corrected chi connectivity index (χ4v) is 1.97. The maximum absolute atomic E-state index is 4.23. The smallest absolute Gasteiger partial charge is 0.140 e. The van der Waals surface area contributed by atoms with Crippen molar-refractivity contribution >= 4 is 33.5 Å². The summed E-state index contributed by atoms with van der Waals surface area (Å²) >= 11 is 5.27. The highest BCUT2D eigenvalue weighted by Gasteiger charge is 2.03. The summed E-state index contributed by atoms with van der Waals surface area (Å²) in [4.78, 5) is 4.23. The van der Waals surface area contributed by atoms with Crippen LogP contribution < -0.4 is 5.32 Å². The highest BCUT2D eigenvalue weighted by Crippen LogP contribution is 2.19. The van der Waals surface area contributed by atoms with Crippen molar-refractivity contribution in [3.63, 3.8) is 0 Å². The molecule has 1 aromatic heterocycles. The summed E-state index contributed by atoms with van der Waals surface area (Å²) < 4.78 is 1.02. The van der Waals surface area contributed by atoms with E-state index in [2.05, 4.69) is 39.4 Å². The van der Waals surface area contributed by atoms with Crippen molar-refractivity contribution in [2.75, 3.05) is 17.3 Å². The maximum Gasteiger partial charge on any atom is 0.140 e. The minimum atomic E-state index is 0.446. The lowest BCUT2D eigenvalue weighted by molar-refractivity contribution is 0.901. The second-order valence-electron chi connectivity index (χ2n) is 2.83. The van der Waals surface area contributed by atoms with Crippen LogP contribution in [0.5, 0.6) is 0 Å². The molecule has 0 fully saturated rings. The number of anilines is 1. The molecule has 0 amide bonds. The lowest BCUT2D eigenvalue weighted by Crippen LogP contribution is -2.18. The Morgan fingerprint density at radius 1 is 1.69 bits per heavy atom. The van der Waals surface area contributed by atoms with E-state index in [1.165, 1.54) is 0 Å². The van der Waals surface area contributed by atoms with Crippen LogP contribution in [0.15, 0.2) is 22.8 Å². The number of aromatic nitrogens is 1. The van der Waals surface area contributed by atoms with Gasteiger partial charge >= 0.3 is 0 Å². The minimum absolute atomic E-state index is 0.446. The number of nitrogens with one attached hydrogen (secondary N) is 1. The van der Waals surface area contributed by atoms with Gasteiger partial charge < -0.3 is 5.32 Å². The van der Waals surface area contributed by atoms with E-state index in [0.29, 0.717) is 6.04 Å². The summed E-state index contributed by atoms with van der Waals surface area (Å²) in [6.07, 6.45) is 3.89. The highest BCUT2D eigenvalue weighted by atomic mass is 79.9. The van der Waals surface area contributed by atoms with Crippen LogP contribution in [0.25, 0.3) is 0 Å². The molecule has 0 saturated heterocycles. The number of pyridine rings is 1. The molecular weight excluding hydrogens is 248 g/mol. The van der Waals surface area contributed by atoms with Gasteiger partial charge in [-0.3, -0.25) is 0 Å². The van der Waals surface area contributed by atoms with Crippen LogP contribution in [0.2, 0.25) is 0 Å². The van der Waals surface area contributed by atoms with E-state index in [1.807, 2.05) is 23.9 Å². The third-order valence-electron chi connectivity index (χ3n) is 1.56. The molecule has 0 aliphatic carbocycles. The number of thioether (sulfide) groups is 1. The second-order valence-corrected chi connectivity index (χ2v) is 4.60. The Morgan fingerprint density at radius 3 is 3.08 bits per heavy atom. The number of halogens is 1. The van der Waals surface area contributed by atoms with Crippen molar-refractivity contribution in [3.8, 4) is 0 Å². The first-order chi connectivity index (χ1) is 6.24. The molecule has 0 radical (unpaired) electrons. The highest BCUT2D eigenvalue weighted by molar-refractivity contribution is 9.10. The van der Waals surface area contributed by atoms with Crippen molar-refractivity contribution in [1.82, 2.24) is 4.98 Å². The average molecular weight is 261 g/mol. The van der Waals surface area contributed by atoms with E-state index in [4.69, 9.17) is 0 Å². The summed E-state index contributed by atoms with van der Waals surface area (Å²) in [6.45, 7) is 2.15. The molecule has 1 unspecified atom stereocenters.